The maximum Gasteiger partial charge on any atom is 0.416 e. The van der Waals surface area contributed by atoms with Crippen molar-refractivity contribution in [3.63, 3.8) is 0 Å². The van der Waals surface area contributed by atoms with Crippen LogP contribution in [0.1, 0.15) is 20.3 Å². The first-order valence-electron chi connectivity index (χ1n) is 5.27. The van der Waals surface area contributed by atoms with Gasteiger partial charge in [0.1, 0.15) is 0 Å². The number of ether oxygens (including phenoxy) is 1. The van der Waals surface area contributed by atoms with Crippen LogP contribution in [0.15, 0.2) is 35.0 Å². The van der Waals surface area contributed by atoms with E-state index in [1.165, 1.54) is 11.2 Å². The van der Waals surface area contributed by atoms with Crippen LogP contribution in [0.3, 0.4) is 0 Å². The highest BCUT2D eigenvalue weighted by molar-refractivity contribution is 5.85. The van der Waals surface area contributed by atoms with E-state index < -0.39 is 6.09 Å². The van der Waals surface area contributed by atoms with E-state index in [9.17, 15) is 4.79 Å². The fourth-order valence-corrected chi connectivity index (χ4v) is 1.22. The van der Waals surface area contributed by atoms with Crippen LogP contribution in [0.4, 0.5) is 10.7 Å². The number of carbonyl (C=O) groups excluding carboxylic acids is 1. The molecule has 0 fully saturated rings. The van der Waals surface area contributed by atoms with Gasteiger partial charge in [0.2, 0.25) is 5.88 Å². The first-order chi connectivity index (χ1) is 7.65. The van der Waals surface area contributed by atoms with Crippen molar-refractivity contribution in [2.75, 3.05) is 18.1 Å². The molecule has 0 bridgehead atoms. The quantitative estimate of drug-likeness (QED) is 0.720. The molecule has 1 aromatic rings. The third-order valence-electron chi connectivity index (χ3n) is 2.02. The van der Waals surface area contributed by atoms with E-state index in [1.54, 1.807) is 19.1 Å². The Morgan fingerprint density at radius 3 is 2.88 bits per heavy atom. The molecule has 88 valence electrons. The van der Waals surface area contributed by atoms with Gasteiger partial charge in [-0.2, -0.15) is 0 Å². The molecule has 0 spiro atoms. The molecule has 0 radical (unpaired) electrons. The lowest BCUT2D eigenvalue weighted by Gasteiger charge is -2.18. The minimum atomic E-state index is -0.390. The van der Waals surface area contributed by atoms with Crippen molar-refractivity contribution >= 4 is 12.0 Å². The highest BCUT2D eigenvalue weighted by Crippen LogP contribution is 2.17. The van der Waals surface area contributed by atoms with Crippen molar-refractivity contribution < 1.29 is 13.9 Å². The summed E-state index contributed by atoms with van der Waals surface area (Å²) in [6.45, 7) is 8.37. The van der Waals surface area contributed by atoms with Crippen LogP contribution in [-0.2, 0) is 4.74 Å². The molecule has 0 atom stereocenters. The van der Waals surface area contributed by atoms with Crippen LogP contribution in [0.25, 0.3) is 0 Å². The molecular formula is C12H17NO3. The van der Waals surface area contributed by atoms with Gasteiger partial charge >= 0.3 is 6.09 Å². The molecule has 0 aliphatic heterocycles. The molecule has 0 saturated carbocycles. The highest BCUT2D eigenvalue weighted by atomic mass is 16.6. The molecule has 16 heavy (non-hydrogen) atoms. The summed E-state index contributed by atoms with van der Waals surface area (Å²) in [5.41, 5.74) is 1.01. The lowest BCUT2D eigenvalue weighted by atomic mass is 10.2. The predicted octanol–water partition coefficient (Wildman–Crippen LogP) is 3.21. The predicted molar refractivity (Wildman–Crippen MR) is 62.5 cm³/mol. The molecule has 0 aliphatic carbocycles. The van der Waals surface area contributed by atoms with Crippen molar-refractivity contribution in [2.24, 2.45) is 0 Å². The summed E-state index contributed by atoms with van der Waals surface area (Å²) in [6.07, 6.45) is 1.86. The molecule has 1 amide bonds. The van der Waals surface area contributed by atoms with Crippen LogP contribution >= 0.6 is 0 Å². The fraction of sp³-hybridized carbons (Fsp3) is 0.417. The maximum atomic E-state index is 11.7. The number of furan rings is 1. The van der Waals surface area contributed by atoms with Crippen LogP contribution in [-0.4, -0.2) is 19.2 Å². The summed E-state index contributed by atoms with van der Waals surface area (Å²) in [4.78, 5) is 13.1. The largest absolute Gasteiger partial charge is 0.449 e. The number of amides is 1. The zero-order valence-electron chi connectivity index (χ0n) is 9.73. The monoisotopic (exact) mass is 223 g/mol. The van der Waals surface area contributed by atoms with E-state index in [4.69, 9.17) is 9.15 Å². The average Bonchev–Trinajstić information content (AvgIpc) is 2.71. The molecule has 0 aromatic carbocycles. The van der Waals surface area contributed by atoms with Gasteiger partial charge in [0.25, 0.3) is 0 Å². The number of nitrogens with zero attached hydrogens (tertiary/aromatic N) is 1. The van der Waals surface area contributed by atoms with E-state index in [0.29, 0.717) is 19.0 Å². The molecule has 4 heteroatoms. The van der Waals surface area contributed by atoms with Gasteiger partial charge < -0.3 is 9.15 Å². The smallest absolute Gasteiger partial charge is 0.416 e. The molecule has 0 aliphatic rings. The first-order valence-corrected chi connectivity index (χ1v) is 5.27. The summed E-state index contributed by atoms with van der Waals surface area (Å²) >= 11 is 0. The number of carbonyl (C=O) groups is 1. The maximum absolute atomic E-state index is 11.7. The minimum absolute atomic E-state index is 0.350. The molecule has 1 aromatic heterocycles. The Labute approximate surface area is 95.5 Å². The Hall–Kier alpha value is -1.71. The summed E-state index contributed by atoms with van der Waals surface area (Å²) in [6, 6.07) is 3.47. The van der Waals surface area contributed by atoms with Gasteiger partial charge in [-0.25, -0.2) is 9.69 Å². The van der Waals surface area contributed by atoms with Gasteiger partial charge in [-0.1, -0.05) is 5.57 Å². The van der Waals surface area contributed by atoms with Crippen molar-refractivity contribution in [1.82, 2.24) is 0 Å². The second kappa shape index (κ2) is 6.00. The van der Waals surface area contributed by atoms with Crippen molar-refractivity contribution in [3.05, 3.63) is 30.5 Å². The lowest BCUT2D eigenvalue weighted by molar-refractivity contribution is 0.158. The summed E-state index contributed by atoms with van der Waals surface area (Å²) in [7, 11) is 0. The second-order valence-electron chi connectivity index (χ2n) is 3.51. The van der Waals surface area contributed by atoms with Gasteiger partial charge in [-0.15, -0.1) is 6.58 Å². The highest BCUT2D eigenvalue weighted by Gasteiger charge is 2.18. The van der Waals surface area contributed by atoms with Crippen molar-refractivity contribution in [3.8, 4) is 0 Å². The SMILES string of the molecule is C=C(C)CCN(C(=O)OCC)c1ccco1. The van der Waals surface area contributed by atoms with Gasteiger partial charge in [0.05, 0.1) is 12.9 Å². The van der Waals surface area contributed by atoms with Gasteiger partial charge in [0, 0.05) is 12.6 Å². The molecule has 4 nitrogen and oxygen atoms in total. The molecule has 0 N–H and O–H groups in total. The topological polar surface area (TPSA) is 42.7 Å². The van der Waals surface area contributed by atoms with E-state index in [2.05, 4.69) is 6.58 Å². The zero-order chi connectivity index (χ0) is 12.0. The Balaban J connectivity index is 2.69. The van der Waals surface area contributed by atoms with Crippen LogP contribution in [0.5, 0.6) is 0 Å². The Morgan fingerprint density at radius 2 is 2.38 bits per heavy atom. The molecule has 0 saturated heterocycles. The first kappa shape index (κ1) is 12.4. The van der Waals surface area contributed by atoms with Crippen LogP contribution in [0.2, 0.25) is 0 Å². The Kier molecular flexibility index (Phi) is 4.64. The number of anilines is 1. The Bertz CT molecular complexity index is 343. The van der Waals surface area contributed by atoms with E-state index in [0.717, 1.165) is 12.0 Å². The molecule has 1 heterocycles. The van der Waals surface area contributed by atoms with Crippen molar-refractivity contribution in [2.45, 2.75) is 20.3 Å². The van der Waals surface area contributed by atoms with E-state index in [1.807, 2.05) is 6.92 Å². The number of hydrogen-bond donors (Lipinski definition) is 0. The van der Waals surface area contributed by atoms with Gasteiger partial charge in [0.15, 0.2) is 0 Å². The van der Waals surface area contributed by atoms with E-state index >= 15 is 0 Å². The fourth-order valence-electron chi connectivity index (χ4n) is 1.22. The lowest BCUT2D eigenvalue weighted by Crippen LogP contribution is -2.32. The van der Waals surface area contributed by atoms with E-state index in [-0.39, 0.29) is 0 Å². The minimum Gasteiger partial charge on any atom is -0.449 e. The zero-order valence-corrected chi connectivity index (χ0v) is 9.73. The molecular weight excluding hydrogens is 206 g/mol. The third kappa shape index (κ3) is 3.46. The van der Waals surface area contributed by atoms with Crippen molar-refractivity contribution in [1.29, 1.82) is 0 Å². The Morgan fingerprint density at radius 1 is 1.62 bits per heavy atom. The average molecular weight is 223 g/mol. The second-order valence-corrected chi connectivity index (χ2v) is 3.51. The molecule has 0 unspecified atom stereocenters. The van der Waals surface area contributed by atoms with Gasteiger partial charge in [-0.05, 0) is 26.3 Å². The number of rotatable bonds is 5. The third-order valence-corrected chi connectivity index (χ3v) is 2.02. The standard InChI is InChI=1S/C12H17NO3/c1-4-15-12(14)13(8-7-10(2)3)11-6-5-9-16-11/h5-6,9H,2,4,7-8H2,1,3H3. The summed E-state index contributed by atoms with van der Waals surface area (Å²) in [5.74, 6) is 0.500. The summed E-state index contributed by atoms with van der Waals surface area (Å²) < 4.78 is 10.1. The van der Waals surface area contributed by atoms with Gasteiger partial charge in [-0.3, -0.25) is 0 Å². The van der Waals surface area contributed by atoms with Crippen LogP contribution in [0, 0.1) is 0 Å². The number of hydrogen-bond acceptors (Lipinski definition) is 3. The summed E-state index contributed by atoms with van der Waals surface area (Å²) in [5, 5.41) is 0. The molecule has 1 rings (SSSR count). The van der Waals surface area contributed by atoms with Crippen LogP contribution < -0.4 is 4.90 Å². The normalized spacial score (nSPS) is 9.88.